The van der Waals surface area contributed by atoms with Crippen molar-refractivity contribution in [3.63, 3.8) is 0 Å². The summed E-state index contributed by atoms with van der Waals surface area (Å²) in [5, 5.41) is 3.96. The maximum Gasteiger partial charge on any atom is 0.201 e. The van der Waals surface area contributed by atoms with Gasteiger partial charge in [0.05, 0.1) is 6.04 Å². The van der Waals surface area contributed by atoms with Crippen LogP contribution in [0.2, 0.25) is 0 Å². The molecular formula is C14H15F2NO. The largest absolute Gasteiger partial charge is 0.456 e. The third-order valence-corrected chi connectivity index (χ3v) is 3.42. The van der Waals surface area contributed by atoms with Gasteiger partial charge >= 0.3 is 0 Å². The summed E-state index contributed by atoms with van der Waals surface area (Å²) in [5.74, 6) is -0.503. The van der Waals surface area contributed by atoms with Crippen LogP contribution in [0.25, 0.3) is 11.0 Å². The molecule has 2 aromatic rings. The summed E-state index contributed by atoms with van der Waals surface area (Å²) in [4.78, 5) is 0. The summed E-state index contributed by atoms with van der Waals surface area (Å²) >= 11 is 0. The number of fused-ring (bicyclic) bond motifs is 1. The predicted octanol–water partition coefficient (Wildman–Crippen LogP) is 3.77. The Morgan fingerprint density at radius 1 is 1.39 bits per heavy atom. The third-order valence-electron chi connectivity index (χ3n) is 3.42. The maximum absolute atomic E-state index is 13.6. The van der Waals surface area contributed by atoms with Crippen LogP contribution in [0.1, 0.15) is 31.6 Å². The van der Waals surface area contributed by atoms with Crippen LogP contribution in [0, 0.1) is 17.6 Å². The number of nitrogens with one attached hydrogen (secondary N) is 1. The second-order valence-corrected chi connectivity index (χ2v) is 4.80. The van der Waals surface area contributed by atoms with Crippen LogP contribution in [0.3, 0.4) is 0 Å². The minimum absolute atomic E-state index is 0.0218. The molecule has 1 aromatic heterocycles. The summed E-state index contributed by atoms with van der Waals surface area (Å²) < 4.78 is 32.2. The van der Waals surface area contributed by atoms with Crippen LogP contribution >= 0.6 is 0 Å². The fourth-order valence-electron chi connectivity index (χ4n) is 2.37. The first kappa shape index (κ1) is 11.7. The highest BCUT2D eigenvalue weighted by Crippen LogP contribution is 2.42. The van der Waals surface area contributed by atoms with Crippen molar-refractivity contribution in [2.24, 2.45) is 5.92 Å². The molecule has 0 saturated heterocycles. The van der Waals surface area contributed by atoms with Crippen LogP contribution in [0.4, 0.5) is 8.78 Å². The normalized spacial score (nSPS) is 17.3. The van der Waals surface area contributed by atoms with Crippen LogP contribution in [0.5, 0.6) is 0 Å². The Morgan fingerprint density at radius 3 is 2.83 bits per heavy atom. The summed E-state index contributed by atoms with van der Waals surface area (Å²) in [6, 6.07) is 4.61. The summed E-state index contributed by atoms with van der Waals surface area (Å²) in [6.45, 7) is 2.85. The Kier molecular flexibility index (Phi) is 2.82. The van der Waals surface area contributed by atoms with E-state index >= 15 is 0 Å². The number of hydrogen-bond donors (Lipinski definition) is 1. The molecule has 1 atom stereocenters. The van der Waals surface area contributed by atoms with Gasteiger partial charge in [-0.2, -0.15) is 4.39 Å². The van der Waals surface area contributed by atoms with Gasteiger partial charge in [0.15, 0.2) is 11.4 Å². The van der Waals surface area contributed by atoms with Crippen LogP contribution in [-0.4, -0.2) is 6.54 Å². The number of furan rings is 1. The third kappa shape index (κ3) is 1.90. The zero-order valence-electron chi connectivity index (χ0n) is 10.2. The lowest BCUT2D eigenvalue weighted by Gasteiger charge is -2.13. The molecule has 0 aliphatic heterocycles. The smallest absolute Gasteiger partial charge is 0.201 e. The van der Waals surface area contributed by atoms with E-state index in [9.17, 15) is 8.78 Å². The molecule has 0 bridgehead atoms. The molecule has 4 heteroatoms. The number of benzene rings is 1. The summed E-state index contributed by atoms with van der Waals surface area (Å²) in [5.41, 5.74) is 0.0218. The van der Waals surface area contributed by atoms with Gasteiger partial charge in [0.25, 0.3) is 0 Å². The standard InChI is InChI=1S/C14H15F2NO/c1-2-17-13(8-3-4-8)11-7-9-5-6-10(15)12(16)14(9)18-11/h5-8,13,17H,2-4H2,1H3. The van der Waals surface area contributed by atoms with Gasteiger partial charge in [-0.05, 0) is 43.5 Å². The maximum atomic E-state index is 13.6. The first-order valence-electron chi connectivity index (χ1n) is 6.31. The van der Waals surface area contributed by atoms with Gasteiger partial charge in [-0.25, -0.2) is 4.39 Å². The molecule has 0 amide bonds. The van der Waals surface area contributed by atoms with Crippen molar-refractivity contribution < 1.29 is 13.2 Å². The van der Waals surface area contributed by atoms with Gasteiger partial charge in [0, 0.05) is 5.39 Å². The van der Waals surface area contributed by atoms with Crippen molar-refractivity contribution in [1.82, 2.24) is 5.32 Å². The van der Waals surface area contributed by atoms with Crippen LogP contribution in [0.15, 0.2) is 22.6 Å². The second-order valence-electron chi connectivity index (χ2n) is 4.80. The van der Waals surface area contributed by atoms with E-state index in [0.717, 1.165) is 25.5 Å². The van der Waals surface area contributed by atoms with Crippen LogP contribution < -0.4 is 5.32 Å². The lowest BCUT2D eigenvalue weighted by molar-refractivity contribution is 0.395. The molecular weight excluding hydrogens is 236 g/mol. The Bertz CT molecular complexity index is 574. The molecule has 1 N–H and O–H groups in total. The highest BCUT2D eigenvalue weighted by atomic mass is 19.2. The Morgan fingerprint density at radius 2 is 2.17 bits per heavy atom. The van der Waals surface area contributed by atoms with E-state index in [1.165, 1.54) is 0 Å². The molecule has 1 saturated carbocycles. The zero-order chi connectivity index (χ0) is 12.7. The van der Waals surface area contributed by atoms with Gasteiger partial charge in [0.2, 0.25) is 5.82 Å². The first-order valence-corrected chi connectivity index (χ1v) is 6.31. The Hall–Kier alpha value is -1.42. The van der Waals surface area contributed by atoms with Gasteiger partial charge < -0.3 is 9.73 Å². The lowest BCUT2D eigenvalue weighted by atomic mass is 10.1. The van der Waals surface area contributed by atoms with E-state index in [0.29, 0.717) is 17.1 Å². The molecule has 1 fully saturated rings. The molecule has 1 heterocycles. The molecule has 0 spiro atoms. The minimum atomic E-state index is -0.898. The van der Waals surface area contributed by atoms with E-state index in [2.05, 4.69) is 5.32 Å². The quantitative estimate of drug-likeness (QED) is 0.894. The highest BCUT2D eigenvalue weighted by molar-refractivity contribution is 5.78. The van der Waals surface area contributed by atoms with E-state index in [1.807, 2.05) is 13.0 Å². The minimum Gasteiger partial charge on any atom is -0.456 e. The SMILES string of the molecule is CCNC(c1cc2ccc(F)c(F)c2o1)C1CC1. The van der Waals surface area contributed by atoms with Crippen molar-refractivity contribution in [1.29, 1.82) is 0 Å². The number of rotatable bonds is 4. The first-order chi connectivity index (χ1) is 8.70. The Labute approximate surface area is 104 Å². The monoisotopic (exact) mass is 251 g/mol. The summed E-state index contributed by atoms with van der Waals surface area (Å²) in [6.07, 6.45) is 2.32. The number of halogens is 2. The van der Waals surface area contributed by atoms with E-state index in [4.69, 9.17) is 4.42 Å². The van der Waals surface area contributed by atoms with Gasteiger partial charge in [-0.1, -0.05) is 6.92 Å². The van der Waals surface area contributed by atoms with Gasteiger partial charge in [0.1, 0.15) is 5.76 Å². The van der Waals surface area contributed by atoms with Gasteiger partial charge in [-0.3, -0.25) is 0 Å². The molecule has 18 heavy (non-hydrogen) atoms. The lowest BCUT2D eigenvalue weighted by Crippen LogP contribution is -2.21. The fourth-order valence-corrected chi connectivity index (χ4v) is 2.37. The molecule has 0 radical (unpaired) electrons. The van der Waals surface area contributed by atoms with E-state index < -0.39 is 11.6 Å². The average molecular weight is 251 g/mol. The summed E-state index contributed by atoms with van der Waals surface area (Å²) in [7, 11) is 0. The second kappa shape index (κ2) is 4.35. The van der Waals surface area contributed by atoms with Crippen molar-refractivity contribution in [2.45, 2.75) is 25.8 Å². The highest BCUT2D eigenvalue weighted by Gasteiger charge is 2.34. The van der Waals surface area contributed by atoms with Crippen molar-refractivity contribution in [3.8, 4) is 0 Å². The number of hydrogen-bond acceptors (Lipinski definition) is 2. The molecule has 2 nitrogen and oxygen atoms in total. The van der Waals surface area contributed by atoms with Gasteiger partial charge in [-0.15, -0.1) is 0 Å². The fraction of sp³-hybridized carbons (Fsp3) is 0.429. The molecule has 1 aromatic carbocycles. The van der Waals surface area contributed by atoms with Crippen molar-refractivity contribution in [2.75, 3.05) is 6.54 Å². The zero-order valence-corrected chi connectivity index (χ0v) is 10.2. The van der Waals surface area contributed by atoms with E-state index in [-0.39, 0.29) is 11.6 Å². The topological polar surface area (TPSA) is 25.2 Å². The molecule has 96 valence electrons. The van der Waals surface area contributed by atoms with Crippen molar-refractivity contribution >= 4 is 11.0 Å². The van der Waals surface area contributed by atoms with Crippen molar-refractivity contribution in [3.05, 3.63) is 35.6 Å². The van der Waals surface area contributed by atoms with E-state index in [1.54, 1.807) is 6.07 Å². The molecule has 1 unspecified atom stereocenters. The molecule has 3 rings (SSSR count). The molecule has 1 aliphatic carbocycles. The average Bonchev–Trinajstić information content (AvgIpc) is 3.10. The van der Waals surface area contributed by atoms with Crippen LogP contribution in [-0.2, 0) is 0 Å². The predicted molar refractivity (Wildman–Crippen MR) is 65.3 cm³/mol. The Balaban J connectivity index is 2.04. The molecule has 1 aliphatic rings.